The second-order valence-corrected chi connectivity index (χ2v) is 7.88. The quantitative estimate of drug-likeness (QED) is 0.746. The largest absolute Gasteiger partial charge is 0.465 e. The van der Waals surface area contributed by atoms with Crippen molar-refractivity contribution in [3.63, 3.8) is 0 Å². The number of carbonyl (C=O) groups is 3. The first-order valence-electron chi connectivity index (χ1n) is 9.36. The second-order valence-electron chi connectivity index (χ2n) is 6.78. The van der Waals surface area contributed by atoms with Gasteiger partial charge in [0, 0.05) is 23.7 Å². The molecule has 1 aliphatic heterocycles. The Morgan fingerprint density at radius 3 is 2.76 bits per heavy atom. The molecule has 1 aliphatic rings. The fourth-order valence-corrected chi connectivity index (χ4v) is 4.50. The molecule has 2 amide bonds. The zero-order valence-electron chi connectivity index (χ0n) is 16.9. The van der Waals surface area contributed by atoms with Crippen LogP contribution >= 0.6 is 11.3 Å². The van der Waals surface area contributed by atoms with Gasteiger partial charge in [-0.05, 0) is 38.8 Å². The lowest BCUT2D eigenvalue weighted by Gasteiger charge is -2.26. The van der Waals surface area contributed by atoms with Crippen LogP contribution in [0.15, 0.2) is 12.3 Å². The number of amides is 2. The third kappa shape index (κ3) is 4.12. The van der Waals surface area contributed by atoms with Crippen molar-refractivity contribution in [2.24, 2.45) is 0 Å². The summed E-state index contributed by atoms with van der Waals surface area (Å²) in [5, 5.41) is 7.42. The van der Waals surface area contributed by atoms with Crippen molar-refractivity contribution in [2.45, 2.75) is 39.8 Å². The number of aromatic nitrogens is 2. The summed E-state index contributed by atoms with van der Waals surface area (Å²) < 4.78 is 11.6. The molecule has 1 N–H and O–H groups in total. The molecular formula is C19H24N4O5S. The predicted octanol–water partition coefficient (Wildman–Crippen LogP) is 3.08. The average molecular weight is 420 g/mol. The molecule has 0 unspecified atom stereocenters. The molecule has 10 heteroatoms. The lowest BCUT2D eigenvalue weighted by molar-refractivity contribution is 0.0600. The van der Waals surface area contributed by atoms with E-state index in [2.05, 4.69) is 10.4 Å². The summed E-state index contributed by atoms with van der Waals surface area (Å²) in [6, 6.07) is 1.64. The topological polar surface area (TPSA) is 103 Å². The van der Waals surface area contributed by atoms with Gasteiger partial charge in [-0.3, -0.25) is 9.48 Å². The van der Waals surface area contributed by atoms with Crippen LogP contribution in [0.4, 0.5) is 9.80 Å². The number of hydrogen-bond donors (Lipinski definition) is 1. The third-order valence-corrected chi connectivity index (χ3v) is 5.72. The molecule has 0 saturated heterocycles. The van der Waals surface area contributed by atoms with Gasteiger partial charge in [0.15, 0.2) is 0 Å². The second kappa shape index (κ2) is 8.64. The van der Waals surface area contributed by atoms with Gasteiger partial charge < -0.3 is 19.7 Å². The number of methoxy groups -OCH3 is 1. The summed E-state index contributed by atoms with van der Waals surface area (Å²) in [6.07, 6.45) is 1.65. The van der Waals surface area contributed by atoms with E-state index in [1.807, 2.05) is 13.8 Å². The van der Waals surface area contributed by atoms with Gasteiger partial charge in [-0.15, -0.1) is 11.3 Å². The van der Waals surface area contributed by atoms with Gasteiger partial charge in [-0.1, -0.05) is 0 Å². The van der Waals surface area contributed by atoms with Crippen molar-refractivity contribution in [3.8, 4) is 0 Å². The standard InChI is InChI=1S/C19H24N4O5S/c1-5-28-19(26)22-9-7-12-14(10-22)29-17(15(12)18(25)27-4)21-16(24)13-6-8-20-23(13)11(2)3/h6,8,11H,5,7,9-10H2,1-4H3,(H,21,24). The number of anilines is 1. The Morgan fingerprint density at radius 1 is 1.34 bits per heavy atom. The number of esters is 1. The fraction of sp³-hybridized carbons (Fsp3) is 0.474. The highest BCUT2D eigenvalue weighted by atomic mass is 32.1. The normalized spacial score (nSPS) is 13.2. The average Bonchev–Trinajstić information content (AvgIpc) is 3.31. The molecule has 3 heterocycles. The molecule has 29 heavy (non-hydrogen) atoms. The summed E-state index contributed by atoms with van der Waals surface area (Å²) in [7, 11) is 1.31. The maximum Gasteiger partial charge on any atom is 0.410 e. The number of nitrogens with zero attached hydrogens (tertiary/aromatic N) is 3. The summed E-state index contributed by atoms with van der Waals surface area (Å²) >= 11 is 1.27. The highest BCUT2D eigenvalue weighted by Crippen LogP contribution is 2.38. The van der Waals surface area contributed by atoms with Gasteiger partial charge in [0.2, 0.25) is 0 Å². The summed E-state index contributed by atoms with van der Waals surface area (Å²) in [6.45, 7) is 6.66. The van der Waals surface area contributed by atoms with Gasteiger partial charge >= 0.3 is 12.1 Å². The van der Waals surface area contributed by atoms with E-state index in [0.717, 1.165) is 10.4 Å². The van der Waals surface area contributed by atoms with Crippen LogP contribution in [-0.4, -0.2) is 52.9 Å². The van der Waals surface area contributed by atoms with Crippen molar-refractivity contribution in [3.05, 3.63) is 34.0 Å². The molecular weight excluding hydrogens is 396 g/mol. The Hall–Kier alpha value is -2.88. The molecule has 0 radical (unpaired) electrons. The molecule has 0 aromatic carbocycles. The van der Waals surface area contributed by atoms with Gasteiger partial charge in [0.1, 0.15) is 10.7 Å². The lowest BCUT2D eigenvalue weighted by Crippen LogP contribution is -2.36. The van der Waals surface area contributed by atoms with E-state index >= 15 is 0 Å². The van der Waals surface area contributed by atoms with Gasteiger partial charge in [-0.25, -0.2) is 9.59 Å². The lowest BCUT2D eigenvalue weighted by atomic mass is 10.0. The fourth-order valence-electron chi connectivity index (χ4n) is 3.25. The van der Waals surface area contributed by atoms with Crippen LogP contribution in [0.5, 0.6) is 0 Å². The number of thiophene rings is 1. The van der Waals surface area contributed by atoms with Crippen molar-refractivity contribution < 1.29 is 23.9 Å². The molecule has 9 nitrogen and oxygen atoms in total. The number of rotatable bonds is 5. The number of hydrogen-bond acceptors (Lipinski definition) is 7. The van der Waals surface area contributed by atoms with Crippen LogP contribution in [0, 0.1) is 0 Å². The predicted molar refractivity (Wildman–Crippen MR) is 107 cm³/mol. The zero-order chi connectivity index (χ0) is 21.1. The Morgan fingerprint density at radius 2 is 2.10 bits per heavy atom. The Labute approximate surface area is 172 Å². The van der Waals surface area contributed by atoms with Crippen LogP contribution in [-0.2, 0) is 22.4 Å². The molecule has 3 rings (SSSR count). The van der Waals surface area contributed by atoms with Crippen molar-refractivity contribution in [1.29, 1.82) is 0 Å². The Kier molecular flexibility index (Phi) is 6.21. The smallest absolute Gasteiger partial charge is 0.410 e. The molecule has 0 fully saturated rings. The first-order valence-corrected chi connectivity index (χ1v) is 10.2. The summed E-state index contributed by atoms with van der Waals surface area (Å²) in [5.74, 6) is -0.873. The molecule has 2 aromatic rings. The van der Waals surface area contributed by atoms with Crippen molar-refractivity contribution >= 4 is 34.3 Å². The minimum atomic E-state index is -0.514. The van der Waals surface area contributed by atoms with Crippen LogP contribution < -0.4 is 5.32 Å². The SMILES string of the molecule is CCOC(=O)N1CCc2c(sc(NC(=O)c3ccnn3C(C)C)c2C(=O)OC)C1. The zero-order valence-corrected chi connectivity index (χ0v) is 17.7. The first kappa shape index (κ1) is 20.8. The number of fused-ring (bicyclic) bond motifs is 1. The third-order valence-electron chi connectivity index (χ3n) is 4.59. The van der Waals surface area contributed by atoms with E-state index in [9.17, 15) is 14.4 Å². The molecule has 0 aliphatic carbocycles. The number of ether oxygens (including phenoxy) is 2. The molecule has 0 saturated carbocycles. The van der Waals surface area contributed by atoms with Gasteiger partial charge in [0.25, 0.3) is 5.91 Å². The minimum absolute atomic E-state index is 0.0144. The van der Waals surface area contributed by atoms with E-state index in [-0.39, 0.29) is 11.9 Å². The minimum Gasteiger partial charge on any atom is -0.465 e. The maximum absolute atomic E-state index is 12.8. The number of nitrogens with one attached hydrogen (secondary N) is 1. The van der Waals surface area contributed by atoms with Crippen LogP contribution in [0.25, 0.3) is 0 Å². The number of carbonyl (C=O) groups excluding carboxylic acids is 3. The Balaban J connectivity index is 1.91. The Bertz CT molecular complexity index is 933. The van der Waals surface area contributed by atoms with Gasteiger partial charge in [0.05, 0.1) is 25.8 Å². The molecule has 156 valence electrons. The summed E-state index contributed by atoms with van der Waals surface area (Å²) in [4.78, 5) is 39.7. The van der Waals surface area contributed by atoms with Crippen LogP contribution in [0.3, 0.4) is 0 Å². The van der Waals surface area contributed by atoms with E-state index in [1.165, 1.54) is 18.4 Å². The molecule has 0 spiro atoms. The highest BCUT2D eigenvalue weighted by molar-refractivity contribution is 7.17. The highest BCUT2D eigenvalue weighted by Gasteiger charge is 2.31. The van der Waals surface area contributed by atoms with Crippen molar-refractivity contribution in [2.75, 3.05) is 25.6 Å². The van der Waals surface area contributed by atoms with E-state index in [0.29, 0.717) is 42.4 Å². The van der Waals surface area contributed by atoms with Crippen LogP contribution in [0.2, 0.25) is 0 Å². The van der Waals surface area contributed by atoms with E-state index in [1.54, 1.807) is 28.8 Å². The van der Waals surface area contributed by atoms with Crippen LogP contribution in [0.1, 0.15) is 58.1 Å². The van der Waals surface area contributed by atoms with E-state index in [4.69, 9.17) is 9.47 Å². The van der Waals surface area contributed by atoms with Crippen molar-refractivity contribution in [1.82, 2.24) is 14.7 Å². The molecule has 0 bridgehead atoms. The molecule has 2 aromatic heterocycles. The summed E-state index contributed by atoms with van der Waals surface area (Å²) in [5.41, 5.74) is 1.55. The monoisotopic (exact) mass is 420 g/mol. The molecule has 0 atom stereocenters. The van der Waals surface area contributed by atoms with E-state index < -0.39 is 12.1 Å². The first-order chi connectivity index (χ1) is 13.9. The maximum atomic E-state index is 12.8. The van der Waals surface area contributed by atoms with Gasteiger partial charge in [-0.2, -0.15) is 5.10 Å².